The van der Waals surface area contributed by atoms with E-state index in [0.717, 1.165) is 22.6 Å². The van der Waals surface area contributed by atoms with Gasteiger partial charge in [0.15, 0.2) is 5.16 Å². The smallest absolute Gasteiger partial charge is 0.192 e. The Morgan fingerprint density at radius 1 is 1.37 bits per heavy atom. The van der Waals surface area contributed by atoms with E-state index in [1.54, 1.807) is 6.20 Å². The molecule has 0 bridgehead atoms. The summed E-state index contributed by atoms with van der Waals surface area (Å²) in [6.07, 6.45) is 2.54. The largest absolute Gasteiger partial charge is 0.328 e. The van der Waals surface area contributed by atoms with E-state index in [0.29, 0.717) is 10.2 Å². The zero-order chi connectivity index (χ0) is 13.8. The fraction of sp³-hybridized carbons (Fsp3) is 0.286. The molecule has 1 aromatic heterocycles. The number of nitrogens with two attached hydrogens (primary N) is 1. The number of hydrogen-bond donors (Lipinski definition) is 1. The first-order chi connectivity index (χ1) is 9.06. The van der Waals surface area contributed by atoms with Crippen LogP contribution in [-0.4, -0.2) is 16.0 Å². The maximum Gasteiger partial charge on any atom is 0.192 e. The van der Waals surface area contributed by atoms with Crippen molar-refractivity contribution in [3.05, 3.63) is 46.7 Å². The molecule has 0 saturated carbocycles. The maximum absolute atomic E-state index is 6.29. The Bertz CT molecular complexity index is 572. The quantitative estimate of drug-likeness (QED) is 0.877. The van der Waals surface area contributed by atoms with Crippen molar-refractivity contribution in [2.24, 2.45) is 5.73 Å². The van der Waals surface area contributed by atoms with Gasteiger partial charge in [-0.2, -0.15) is 0 Å². The van der Waals surface area contributed by atoms with Gasteiger partial charge >= 0.3 is 0 Å². The van der Waals surface area contributed by atoms with Gasteiger partial charge in [-0.05, 0) is 49.7 Å². The lowest BCUT2D eigenvalue weighted by Crippen LogP contribution is -2.18. The van der Waals surface area contributed by atoms with Gasteiger partial charge in [0.1, 0.15) is 0 Å². The molecule has 1 unspecified atom stereocenters. The Morgan fingerprint density at radius 2 is 2.16 bits per heavy atom. The number of aromatic nitrogens is 2. The van der Waals surface area contributed by atoms with Gasteiger partial charge in [-0.1, -0.05) is 23.7 Å². The molecule has 2 aromatic rings. The van der Waals surface area contributed by atoms with Crippen LogP contribution in [0, 0.1) is 6.92 Å². The van der Waals surface area contributed by atoms with Crippen molar-refractivity contribution >= 4 is 23.4 Å². The van der Waals surface area contributed by atoms with E-state index in [1.807, 2.05) is 38.1 Å². The molecule has 1 heterocycles. The third kappa shape index (κ3) is 3.93. The van der Waals surface area contributed by atoms with Crippen molar-refractivity contribution in [2.45, 2.75) is 36.4 Å². The monoisotopic (exact) mass is 293 g/mol. The van der Waals surface area contributed by atoms with Crippen LogP contribution in [0.15, 0.2) is 40.5 Å². The lowest BCUT2D eigenvalue weighted by molar-refractivity contribution is 0.729. The molecule has 2 rings (SSSR count). The maximum atomic E-state index is 6.29. The van der Waals surface area contributed by atoms with Crippen LogP contribution in [0.25, 0.3) is 0 Å². The van der Waals surface area contributed by atoms with E-state index in [4.69, 9.17) is 17.3 Å². The van der Waals surface area contributed by atoms with Crippen LogP contribution in [0.1, 0.15) is 18.2 Å². The standard InChI is InChI=1S/C14H16ClN3S/c1-9(16)8-11-4-3-5-12(15)13(11)19-14-17-7-6-10(2)18-14/h3-7,9H,8,16H2,1-2H3. The third-order valence-electron chi connectivity index (χ3n) is 2.56. The molecule has 3 nitrogen and oxygen atoms in total. The van der Waals surface area contributed by atoms with Gasteiger partial charge in [0.2, 0.25) is 0 Å². The Balaban J connectivity index is 2.33. The summed E-state index contributed by atoms with van der Waals surface area (Å²) < 4.78 is 0. The van der Waals surface area contributed by atoms with Gasteiger partial charge in [-0.25, -0.2) is 9.97 Å². The topological polar surface area (TPSA) is 51.8 Å². The highest BCUT2D eigenvalue weighted by atomic mass is 35.5. The molecule has 0 aliphatic rings. The minimum atomic E-state index is 0.0937. The summed E-state index contributed by atoms with van der Waals surface area (Å²) in [5.74, 6) is 0. The third-order valence-corrected chi connectivity index (χ3v) is 4.05. The summed E-state index contributed by atoms with van der Waals surface area (Å²) in [5.41, 5.74) is 7.96. The predicted molar refractivity (Wildman–Crippen MR) is 79.7 cm³/mol. The van der Waals surface area contributed by atoms with Crippen molar-refractivity contribution in [2.75, 3.05) is 0 Å². The summed E-state index contributed by atoms with van der Waals surface area (Å²) in [6, 6.07) is 7.84. The minimum absolute atomic E-state index is 0.0937. The van der Waals surface area contributed by atoms with E-state index >= 15 is 0 Å². The average Bonchev–Trinajstić information content (AvgIpc) is 2.33. The van der Waals surface area contributed by atoms with Crippen LogP contribution in [0.2, 0.25) is 5.02 Å². The van der Waals surface area contributed by atoms with Crippen LogP contribution < -0.4 is 5.73 Å². The van der Waals surface area contributed by atoms with Crippen molar-refractivity contribution in [3.8, 4) is 0 Å². The first-order valence-electron chi connectivity index (χ1n) is 6.06. The number of halogens is 1. The van der Waals surface area contributed by atoms with E-state index in [2.05, 4.69) is 9.97 Å². The van der Waals surface area contributed by atoms with E-state index in [9.17, 15) is 0 Å². The van der Waals surface area contributed by atoms with Crippen molar-refractivity contribution < 1.29 is 0 Å². The van der Waals surface area contributed by atoms with E-state index in [-0.39, 0.29) is 6.04 Å². The van der Waals surface area contributed by atoms with Crippen molar-refractivity contribution in [1.82, 2.24) is 9.97 Å². The fourth-order valence-corrected chi connectivity index (χ4v) is 2.99. The fourth-order valence-electron chi connectivity index (χ4n) is 1.74. The first kappa shape index (κ1) is 14.3. The molecule has 0 spiro atoms. The zero-order valence-corrected chi connectivity index (χ0v) is 12.5. The molecule has 0 radical (unpaired) electrons. The van der Waals surface area contributed by atoms with Gasteiger partial charge in [0, 0.05) is 22.8 Å². The summed E-state index contributed by atoms with van der Waals surface area (Å²) in [4.78, 5) is 9.64. The minimum Gasteiger partial charge on any atom is -0.328 e. The number of rotatable bonds is 4. The van der Waals surface area contributed by atoms with Crippen LogP contribution in [-0.2, 0) is 6.42 Å². The number of nitrogens with zero attached hydrogens (tertiary/aromatic N) is 2. The summed E-state index contributed by atoms with van der Waals surface area (Å²) in [6.45, 7) is 3.93. The van der Waals surface area contributed by atoms with E-state index in [1.165, 1.54) is 11.8 Å². The second kappa shape index (κ2) is 6.37. The Kier molecular flexibility index (Phi) is 4.80. The molecule has 0 fully saturated rings. The molecular formula is C14H16ClN3S. The molecule has 0 saturated heterocycles. The predicted octanol–water partition coefficient (Wildman–Crippen LogP) is 3.48. The number of hydrogen-bond acceptors (Lipinski definition) is 4. The van der Waals surface area contributed by atoms with Gasteiger partial charge < -0.3 is 5.73 Å². The van der Waals surface area contributed by atoms with Crippen molar-refractivity contribution in [1.29, 1.82) is 0 Å². The van der Waals surface area contributed by atoms with Gasteiger partial charge in [-0.15, -0.1) is 0 Å². The summed E-state index contributed by atoms with van der Waals surface area (Å²) >= 11 is 7.77. The zero-order valence-electron chi connectivity index (χ0n) is 10.9. The summed E-state index contributed by atoms with van der Waals surface area (Å²) in [5, 5.41) is 1.42. The lowest BCUT2D eigenvalue weighted by atomic mass is 10.1. The molecule has 1 atom stereocenters. The molecule has 0 aliphatic heterocycles. The van der Waals surface area contributed by atoms with Gasteiger partial charge in [-0.3, -0.25) is 0 Å². The molecule has 19 heavy (non-hydrogen) atoms. The van der Waals surface area contributed by atoms with E-state index < -0.39 is 0 Å². The van der Waals surface area contributed by atoms with Crippen LogP contribution in [0.3, 0.4) is 0 Å². The van der Waals surface area contributed by atoms with Crippen molar-refractivity contribution in [3.63, 3.8) is 0 Å². The molecule has 5 heteroatoms. The second-order valence-corrected chi connectivity index (χ2v) is 5.88. The number of benzene rings is 1. The molecule has 0 aliphatic carbocycles. The number of aryl methyl sites for hydroxylation is 1. The average molecular weight is 294 g/mol. The highest BCUT2D eigenvalue weighted by Crippen LogP contribution is 2.34. The highest BCUT2D eigenvalue weighted by Gasteiger charge is 2.12. The molecule has 0 amide bonds. The SMILES string of the molecule is Cc1ccnc(Sc2c(Cl)cccc2CC(C)N)n1. The molecular weight excluding hydrogens is 278 g/mol. The normalized spacial score (nSPS) is 12.4. The van der Waals surface area contributed by atoms with Crippen LogP contribution in [0.5, 0.6) is 0 Å². The Morgan fingerprint density at radius 3 is 2.84 bits per heavy atom. The first-order valence-corrected chi connectivity index (χ1v) is 7.26. The Labute approximate surface area is 122 Å². The Hall–Kier alpha value is -1.10. The lowest BCUT2D eigenvalue weighted by Gasteiger charge is -2.12. The molecule has 100 valence electrons. The van der Waals surface area contributed by atoms with Crippen LogP contribution in [0.4, 0.5) is 0 Å². The second-order valence-electron chi connectivity index (χ2n) is 4.49. The van der Waals surface area contributed by atoms with Gasteiger partial charge in [0.05, 0.1) is 5.02 Å². The molecule has 1 aromatic carbocycles. The molecule has 2 N–H and O–H groups in total. The summed E-state index contributed by atoms with van der Waals surface area (Å²) in [7, 11) is 0. The van der Waals surface area contributed by atoms with Crippen LogP contribution >= 0.6 is 23.4 Å². The highest BCUT2D eigenvalue weighted by molar-refractivity contribution is 7.99. The van der Waals surface area contributed by atoms with Gasteiger partial charge in [0.25, 0.3) is 0 Å².